The predicted octanol–water partition coefficient (Wildman–Crippen LogP) is 3.82. The first-order valence-electron chi connectivity index (χ1n) is 7.56. The maximum Gasteiger partial charge on any atom is 0.240 e. The van der Waals surface area contributed by atoms with E-state index in [9.17, 15) is 9.59 Å². The summed E-state index contributed by atoms with van der Waals surface area (Å²) in [6, 6.07) is 14.3. The first-order chi connectivity index (χ1) is 11.5. The lowest BCUT2D eigenvalue weighted by molar-refractivity contribution is -0.131. The van der Waals surface area contributed by atoms with E-state index in [0.717, 1.165) is 4.47 Å². The Hall–Kier alpha value is -2.34. The molecule has 2 N–H and O–H groups in total. The summed E-state index contributed by atoms with van der Waals surface area (Å²) in [7, 11) is 1.58. The van der Waals surface area contributed by atoms with Crippen LogP contribution < -0.4 is 15.4 Å². The second-order valence-corrected chi connectivity index (χ2v) is 6.64. The number of carbonyl (C=O) groups excluding carboxylic acids is 2. The van der Waals surface area contributed by atoms with Gasteiger partial charge in [0.15, 0.2) is 0 Å². The van der Waals surface area contributed by atoms with Crippen molar-refractivity contribution in [2.45, 2.75) is 12.8 Å². The van der Waals surface area contributed by atoms with Crippen LogP contribution in [0, 0.1) is 5.41 Å². The lowest BCUT2D eigenvalue weighted by atomic mass is 10.0. The highest BCUT2D eigenvalue weighted by Gasteiger charge is 2.56. The molecule has 24 heavy (non-hydrogen) atoms. The van der Waals surface area contributed by atoms with Crippen LogP contribution in [0.15, 0.2) is 53.0 Å². The zero-order valence-electron chi connectivity index (χ0n) is 13.1. The van der Waals surface area contributed by atoms with Gasteiger partial charge in [0.05, 0.1) is 7.11 Å². The van der Waals surface area contributed by atoms with E-state index in [1.165, 1.54) is 0 Å². The maximum atomic E-state index is 12.5. The molecule has 0 spiro atoms. The Morgan fingerprint density at radius 3 is 2.17 bits per heavy atom. The zero-order valence-corrected chi connectivity index (χ0v) is 14.7. The van der Waals surface area contributed by atoms with Crippen molar-refractivity contribution in [2.24, 2.45) is 5.41 Å². The van der Waals surface area contributed by atoms with E-state index in [0.29, 0.717) is 30.0 Å². The topological polar surface area (TPSA) is 67.4 Å². The maximum absolute atomic E-state index is 12.5. The molecule has 3 rings (SSSR count). The fraction of sp³-hybridized carbons (Fsp3) is 0.222. The van der Waals surface area contributed by atoms with Crippen LogP contribution in [0.2, 0.25) is 0 Å². The fourth-order valence-electron chi connectivity index (χ4n) is 2.42. The molecule has 0 bridgehead atoms. The van der Waals surface area contributed by atoms with Crippen LogP contribution in [-0.2, 0) is 9.59 Å². The molecule has 2 amide bonds. The van der Waals surface area contributed by atoms with Crippen molar-refractivity contribution in [1.29, 1.82) is 0 Å². The zero-order chi connectivity index (χ0) is 17.2. The van der Waals surface area contributed by atoms with Gasteiger partial charge in [-0.15, -0.1) is 0 Å². The van der Waals surface area contributed by atoms with E-state index in [4.69, 9.17) is 4.74 Å². The van der Waals surface area contributed by atoms with Crippen molar-refractivity contribution in [1.82, 2.24) is 0 Å². The van der Waals surface area contributed by atoms with Gasteiger partial charge in [0, 0.05) is 15.8 Å². The van der Waals surface area contributed by atoms with E-state index in [-0.39, 0.29) is 11.8 Å². The number of benzene rings is 2. The number of hydrogen-bond acceptors (Lipinski definition) is 3. The second kappa shape index (κ2) is 6.65. The van der Waals surface area contributed by atoms with Gasteiger partial charge in [-0.05, 0) is 55.3 Å². The summed E-state index contributed by atoms with van der Waals surface area (Å²) in [4.78, 5) is 25.1. The molecule has 2 aromatic rings. The second-order valence-electron chi connectivity index (χ2n) is 5.73. The molecule has 0 radical (unpaired) electrons. The van der Waals surface area contributed by atoms with Crippen LogP contribution in [-0.4, -0.2) is 18.9 Å². The van der Waals surface area contributed by atoms with E-state index in [2.05, 4.69) is 26.6 Å². The minimum Gasteiger partial charge on any atom is -0.497 e. The number of hydrogen-bond donors (Lipinski definition) is 2. The molecule has 2 aromatic carbocycles. The van der Waals surface area contributed by atoms with Gasteiger partial charge < -0.3 is 15.4 Å². The summed E-state index contributed by atoms with van der Waals surface area (Å²) < 4.78 is 5.96. The Labute approximate surface area is 148 Å². The summed E-state index contributed by atoms with van der Waals surface area (Å²) in [6.45, 7) is 0. The van der Waals surface area contributed by atoms with Crippen LogP contribution >= 0.6 is 15.9 Å². The molecule has 0 unspecified atom stereocenters. The van der Waals surface area contributed by atoms with Gasteiger partial charge >= 0.3 is 0 Å². The molecule has 124 valence electrons. The summed E-state index contributed by atoms with van der Waals surface area (Å²) in [5, 5.41) is 5.63. The van der Waals surface area contributed by atoms with Crippen LogP contribution in [0.3, 0.4) is 0 Å². The van der Waals surface area contributed by atoms with Crippen LogP contribution in [0.25, 0.3) is 0 Å². The number of nitrogens with one attached hydrogen (secondary N) is 2. The number of carbonyl (C=O) groups is 2. The molecular formula is C18H17BrN2O3. The normalized spacial score (nSPS) is 14.6. The van der Waals surface area contributed by atoms with Crippen LogP contribution in [0.5, 0.6) is 5.75 Å². The number of rotatable bonds is 5. The van der Waals surface area contributed by atoms with Crippen LogP contribution in [0.1, 0.15) is 12.8 Å². The van der Waals surface area contributed by atoms with E-state index in [1.807, 2.05) is 12.1 Å². The number of halogens is 1. The molecule has 0 aliphatic heterocycles. The standard InChI is InChI=1S/C18H17BrN2O3/c1-24-15-7-5-13(6-8-15)20-16(22)18(9-10-18)17(23)21-14-4-2-3-12(19)11-14/h2-8,11H,9-10H2,1H3,(H,20,22)(H,21,23). The fourth-order valence-corrected chi connectivity index (χ4v) is 2.82. The molecular weight excluding hydrogens is 372 g/mol. The predicted molar refractivity (Wildman–Crippen MR) is 96.1 cm³/mol. The SMILES string of the molecule is COc1ccc(NC(=O)C2(C(=O)Nc3cccc(Br)c3)CC2)cc1. The van der Waals surface area contributed by atoms with Crippen molar-refractivity contribution in [3.05, 3.63) is 53.0 Å². The Balaban J connectivity index is 1.68. The molecule has 1 fully saturated rings. The summed E-state index contributed by atoms with van der Waals surface area (Å²) in [5.74, 6) is 0.160. The Kier molecular flexibility index (Phi) is 4.57. The molecule has 5 nitrogen and oxygen atoms in total. The van der Waals surface area contributed by atoms with E-state index < -0.39 is 5.41 Å². The molecule has 0 heterocycles. The number of methoxy groups -OCH3 is 1. The van der Waals surface area contributed by atoms with E-state index >= 15 is 0 Å². The molecule has 0 saturated heterocycles. The van der Waals surface area contributed by atoms with Gasteiger partial charge in [0.2, 0.25) is 11.8 Å². The molecule has 1 aliphatic carbocycles. The van der Waals surface area contributed by atoms with Gasteiger partial charge in [-0.25, -0.2) is 0 Å². The summed E-state index contributed by atoms with van der Waals surface area (Å²) in [6.07, 6.45) is 1.10. The van der Waals surface area contributed by atoms with Crippen molar-refractivity contribution in [3.63, 3.8) is 0 Å². The van der Waals surface area contributed by atoms with Gasteiger partial charge in [-0.1, -0.05) is 22.0 Å². The average molecular weight is 389 g/mol. The third-order valence-electron chi connectivity index (χ3n) is 4.05. The van der Waals surface area contributed by atoms with Gasteiger partial charge in [0.1, 0.15) is 11.2 Å². The van der Waals surface area contributed by atoms with Crippen molar-refractivity contribution < 1.29 is 14.3 Å². The van der Waals surface area contributed by atoms with Crippen molar-refractivity contribution in [3.8, 4) is 5.75 Å². The molecule has 6 heteroatoms. The Bertz CT molecular complexity index is 770. The van der Waals surface area contributed by atoms with Crippen molar-refractivity contribution in [2.75, 3.05) is 17.7 Å². The minimum absolute atomic E-state index is 0.272. The highest BCUT2D eigenvalue weighted by molar-refractivity contribution is 9.10. The highest BCUT2D eigenvalue weighted by atomic mass is 79.9. The Morgan fingerprint density at radius 1 is 1.00 bits per heavy atom. The average Bonchev–Trinajstić information content (AvgIpc) is 3.37. The quantitative estimate of drug-likeness (QED) is 0.765. The highest BCUT2D eigenvalue weighted by Crippen LogP contribution is 2.47. The minimum atomic E-state index is -0.984. The van der Waals surface area contributed by atoms with Crippen LogP contribution in [0.4, 0.5) is 11.4 Å². The van der Waals surface area contributed by atoms with Gasteiger partial charge in [-0.2, -0.15) is 0 Å². The molecule has 0 atom stereocenters. The molecule has 1 saturated carbocycles. The molecule has 1 aliphatic rings. The summed E-state index contributed by atoms with van der Waals surface area (Å²) >= 11 is 3.36. The molecule has 0 aromatic heterocycles. The first-order valence-corrected chi connectivity index (χ1v) is 8.35. The third-order valence-corrected chi connectivity index (χ3v) is 4.54. The lowest BCUT2D eigenvalue weighted by Gasteiger charge is -2.16. The number of anilines is 2. The smallest absolute Gasteiger partial charge is 0.240 e. The largest absolute Gasteiger partial charge is 0.497 e. The Morgan fingerprint density at radius 2 is 1.62 bits per heavy atom. The first kappa shape index (κ1) is 16.5. The summed E-state index contributed by atoms with van der Waals surface area (Å²) in [5.41, 5.74) is 0.322. The number of amides is 2. The van der Waals surface area contributed by atoms with E-state index in [1.54, 1.807) is 43.5 Å². The lowest BCUT2D eigenvalue weighted by Crippen LogP contribution is -2.35. The third kappa shape index (κ3) is 3.43. The van der Waals surface area contributed by atoms with Gasteiger partial charge in [-0.3, -0.25) is 9.59 Å². The monoisotopic (exact) mass is 388 g/mol. The van der Waals surface area contributed by atoms with Crippen molar-refractivity contribution >= 4 is 39.1 Å². The number of ether oxygens (including phenoxy) is 1. The van der Waals surface area contributed by atoms with Gasteiger partial charge in [0.25, 0.3) is 0 Å².